The number of nitrogens with zero attached hydrogens (tertiary/aromatic N) is 1. The molecular weight excluding hydrogens is 198 g/mol. The van der Waals surface area contributed by atoms with Crippen LogP contribution in [0.1, 0.15) is 12.8 Å². The second-order valence-corrected chi connectivity index (χ2v) is 10.1. The maximum absolute atomic E-state index is 11.4. The Balaban J connectivity index is 3.94. The smallest absolute Gasteiger partial charge is 0.303 e. The van der Waals surface area contributed by atoms with E-state index < -0.39 is 14.0 Å². The molecule has 5 heteroatoms. The summed E-state index contributed by atoms with van der Waals surface area (Å²) in [6, 6.07) is 0. The van der Waals surface area contributed by atoms with Crippen LogP contribution in [-0.4, -0.2) is 43.2 Å². The zero-order chi connectivity index (χ0) is 11.4. The molecule has 1 N–H and O–H groups in total. The SMILES string of the molecule is CN(C[Si](C)(C)C)C(=O)CCC(=O)O. The fourth-order valence-corrected chi connectivity index (χ4v) is 2.80. The lowest BCUT2D eigenvalue weighted by molar-refractivity contribution is -0.140. The third-order valence-corrected chi connectivity index (χ3v) is 3.11. The van der Waals surface area contributed by atoms with Crippen LogP contribution in [0.4, 0.5) is 0 Å². The molecule has 0 atom stereocenters. The van der Waals surface area contributed by atoms with Gasteiger partial charge in [0.15, 0.2) is 0 Å². The lowest BCUT2D eigenvalue weighted by Gasteiger charge is -2.24. The summed E-state index contributed by atoms with van der Waals surface area (Å²) < 4.78 is 0. The predicted molar refractivity (Wildman–Crippen MR) is 57.9 cm³/mol. The van der Waals surface area contributed by atoms with Crippen LogP contribution >= 0.6 is 0 Å². The highest BCUT2D eigenvalue weighted by Gasteiger charge is 2.19. The topological polar surface area (TPSA) is 57.6 Å². The Kier molecular flexibility index (Phi) is 4.83. The van der Waals surface area contributed by atoms with Crippen molar-refractivity contribution in [2.45, 2.75) is 32.5 Å². The standard InChI is InChI=1S/C9H19NO3Si/c1-10(7-14(2,3)4)8(11)5-6-9(12)13/h5-7H2,1-4H3,(H,12,13). The number of carboxylic acids is 1. The molecule has 0 heterocycles. The van der Waals surface area contributed by atoms with Crippen LogP contribution in [0.3, 0.4) is 0 Å². The number of hydrogen-bond donors (Lipinski definition) is 1. The monoisotopic (exact) mass is 217 g/mol. The van der Waals surface area contributed by atoms with Gasteiger partial charge in [-0.15, -0.1) is 0 Å². The molecule has 0 aliphatic rings. The molecule has 0 rings (SSSR count). The first kappa shape index (κ1) is 13.2. The van der Waals surface area contributed by atoms with Gasteiger partial charge < -0.3 is 10.0 Å². The van der Waals surface area contributed by atoms with Gasteiger partial charge >= 0.3 is 5.97 Å². The minimum Gasteiger partial charge on any atom is -0.481 e. The molecule has 0 radical (unpaired) electrons. The van der Waals surface area contributed by atoms with Crippen LogP contribution in [0.2, 0.25) is 19.6 Å². The quantitative estimate of drug-likeness (QED) is 0.704. The highest BCUT2D eigenvalue weighted by atomic mass is 28.3. The van der Waals surface area contributed by atoms with Gasteiger partial charge in [-0.25, -0.2) is 0 Å². The van der Waals surface area contributed by atoms with Crippen molar-refractivity contribution in [3.63, 3.8) is 0 Å². The lowest BCUT2D eigenvalue weighted by atomic mass is 10.3. The van der Waals surface area contributed by atoms with Crippen molar-refractivity contribution >= 4 is 20.0 Å². The maximum Gasteiger partial charge on any atom is 0.303 e. The van der Waals surface area contributed by atoms with Gasteiger partial charge in [0.1, 0.15) is 0 Å². The van der Waals surface area contributed by atoms with Crippen molar-refractivity contribution in [1.29, 1.82) is 0 Å². The summed E-state index contributed by atoms with van der Waals surface area (Å²) >= 11 is 0. The molecule has 0 aromatic heterocycles. The molecule has 0 bridgehead atoms. The van der Waals surface area contributed by atoms with E-state index in [2.05, 4.69) is 19.6 Å². The number of aliphatic carboxylic acids is 1. The second-order valence-electron chi connectivity index (χ2n) is 4.70. The largest absolute Gasteiger partial charge is 0.481 e. The Labute approximate surface area is 85.9 Å². The van der Waals surface area contributed by atoms with Gasteiger partial charge in [0.25, 0.3) is 0 Å². The van der Waals surface area contributed by atoms with Crippen molar-refractivity contribution in [2.24, 2.45) is 0 Å². The van der Waals surface area contributed by atoms with Gasteiger partial charge in [-0.2, -0.15) is 0 Å². The van der Waals surface area contributed by atoms with Crippen LogP contribution < -0.4 is 0 Å². The normalized spacial score (nSPS) is 11.1. The van der Waals surface area contributed by atoms with Crippen LogP contribution in [0.25, 0.3) is 0 Å². The number of carbonyl (C=O) groups is 2. The first-order valence-electron chi connectivity index (χ1n) is 4.68. The van der Waals surface area contributed by atoms with Crippen LogP contribution in [0.5, 0.6) is 0 Å². The Morgan fingerprint density at radius 2 is 1.71 bits per heavy atom. The first-order chi connectivity index (χ1) is 6.22. The molecule has 0 fully saturated rings. The van der Waals surface area contributed by atoms with E-state index in [0.717, 1.165) is 6.17 Å². The van der Waals surface area contributed by atoms with Gasteiger partial charge in [0.05, 0.1) is 14.5 Å². The van der Waals surface area contributed by atoms with Gasteiger partial charge in [-0.3, -0.25) is 9.59 Å². The molecule has 0 aliphatic heterocycles. The number of hydrogen-bond acceptors (Lipinski definition) is 2. The van der Waals surface area contributed by atoms with E-state index >= 15 is 0 Å². The maximum atomic E-state index is 11.4. The Morgan fingerprint density at radius 3 is 2.07 bits per heavy atom. The summed E-state index contributed by atoms with van der Waals surface area (Å²) in [5, 5.41) is 8.41. The summed E-state index contributed by atoms with van der Waals surface area (Å²) in [6.45, 7) is 6.52. The minimum atomic E-state index is -1.28. The summed E-state index contributed by atoms with van der Waals surface area (Å²) in [4.78, 5) is 23.3. The number of rotatable bonds is 5. The zero-order valence-electron chi connectivity index (χ0n) is 9.33. The summed E-state index contributed by atoms with van der Waals surface area (Å²) in [5.41, 5.74) is 0. The summed E-state index contributed by atoms with van der Waals surface area (Å²) in [7, 11) is 0.457. The predicted octanol–water partition coefficient (Wildman–Crippen LogP) is 1.19. The average Bonchev–Trinajstić information content (AvgIpc) is 1.96. The fourth-order valence-electron chi connectivity index (χ4n) is 1.20. The fraction of sp³-hybridized carbons (Fsp3) is 0.778. The average molecular weight is 217 g/mol. The molecule has 14 heavy (non-hydrogen) atoms. The second kappa shape index (κ2) is 5.14. The van der Waals surface area contributed by atoms with Gasteiger partial charge in [-0.05, 0) is 0 Å². The summed E-state index contributed by atoms with van der Waals surface area (Å²) in [5.74, 6) is -0.991. The van der Waals surface area contributed by atoms with Crippen LogP contribution in [0.15, 0.2) is 0 Å². The summed E-state index contributed by atoms with van der Waals surface area (Å²) in [6.07, 6.45) is 0.816. The number of carbonyl (C=O) groups excluding carboxylic acids is 1. The third kappa shape index (κ3) is 6.65. The number of amides is 1. The van der Waals surface area contributed by atoms with Crippen molar-refractivity contribution < 1.29 is 14.7 Å². The van der Waals surface area contributed by atoms with E-state index in [1.54, 1.807) is 11.9 Å². The van der Waals surface area contributed by atoms with Gasteiger partial charge in [0, 0.05) is 19.6 Å². The molecule has 1 amide bonds. The van der Waals surface area contributed by atoms with E-state index in [9.17, 15) is 9.59 Å². The third-order valence-electron chi connectivity index (χ3n) is 1.69. The Morgan fingerprint density at radius 1 is 1.21 bits per heavy atom. The Hall–Kier alpha value is -0.843. The van der Waals surface area contributed by atoms with Crippen LogP contribution in [-0.2, 0) is 9.59 Å². The first-order valence-corrected chi connectivity index (χ1v) is 8.39. The van der Waals surface area contributed by atoms with Gasteiger partial charge in [0.2, 0.25) is 5.91 Å². The molecule has 0 saturated heterocycles. The lowest BCUT2D eigenvalue weighted by Crippen LogP contribution is -2.41. The highest BCUT2D eigenvalue weighted by Crippen LogP contribution is 2.04. The van der Waals surface area contributed by atoms with Crippen molar-refractivity contribution in [3.05, 3.63) is 0 Å². The van der Waals surface area contributed by atoms with E-state index in [1.807, 2.05) is 0 Å². The van der Waals surface area contributed by atoms with Crippen molar-refractivity contribution in [2.75, 3.05) is 13.2 Å². The van der Waals surface area contributed by atoms with Crippen molar-refractivity contribution in [1.82, 2.24) is 4.90 Å². The molecule has 0 aliphatic carbocycles. The minimum absolute atomic E-state index is 0.0742. The highest BCUT2D eigenvalue weighted by molar-refractivity contribution is 6.76. The van der Waals surface area contributed by atoms with E-state index in [-0.39, 0.29) is 18.7 Å². The molecule has 4 nitrogen and oxygen atoms in total. The van der Waals surface area contributed by atoms with E-state index in [1.165, 1.54) is 0 Å². The van der Waals surface area contributed by atoms with E-state index in [0.29, 0.717) is 0 Å². The molecular formula is C9H19NO3Si. The van der Waals surface area contributed by atoms with Crippen molar-refractivity contribution in [3.8, 4) is 0 Å². The van der Waals surface area contributed by atoms with Crippen LogP contribution in [0, 0.1) is 0 Å². The molecule has 0 aromatic carbocycles. The Bertz CT molecular complexity index is 223. The van der Waals surface area contributed by atoms with E-state index in [4.69, 9.17) is 5.11 Å². The molecule has 0 spiro atoms. The molecule has 0 unspecified atom stereocenters. The molecule has 0 aromatic rings. The van der Waals surface area contributed by atoms with Gasteiger partial charge in [-0.1, -0.05) is 19.6 Å². The number of carboxylic acid groups (broad SMARTS) is 1. The molecule has 0 saturated carbocycles. The molecule has 82 valence electrons. The zero-order valence-corrected chi connectivity index (χ0v) is 10.3.